The minimum absolute atomic E-state index is 0.496. The van der Waals surface area contributed by atoms with E-state index in [0.717, 1.165) is 0 Å². The van der Waals surface area contributed by atoms with E-state index in [0.29, 0.717) is 12.6 Å². The molecule has 0 aliphatic rings. The van der Waals surface area contributed by atoms with E-state index in [9.17, 15) is 0 Å². The normalized spacial score (nSPS) is 12.0. The first-order valence-corrected chi connectivity index (χ1v) is 4.57. The van der Waals surface area contributed by atoms with Gasteiger partial charge in [-0.15, -0.1) is 0 Å². The topological polar surface area (TPSA) is 104 Å². The van der Waals surface area contributed by atoms with Crippen LogP contribution in [0.15, 0.2) is 0 Å². The molecular weight excluding hydrogens is 108 g/mol. The van der Waals surface area contributed by atoms with E-state index in [1.165, 1.54) is 0 Å². The number of nitrogens with two attached hydrogens (primary N) is 4. The van der Waals surface area contributed by atoms with E-state index in [4.69, 9.17) is 21.9 Å². The second-order valence-electron chi connectivity index (χ2n) is 1.65. The van der Waals surface area contributed by atoms with Crippen LogP contribution in [0.5, 0.6) is 0 Å². The molecule has 4 nitrogen and oxygen atoms in total. The Bertz CT molecular complexity index is 48.1. The Morgan fingerprint density at radius 3 is 1.57 bits per heavy atom. The van der Waals surface area contributed by atoms with Gasteiger partial charge in [0.25, 0.3) is 8.56 Å². The maximum absolute atomic E-state index is 5.26. The van der Waals surface area contributed by atoms with Crippen molar-refractivity contribution in [2.75, 3.05) is 6.54 Å². The average molecular weight is 120 g/mol. The van der Waals surface area contributed by atoms with Crippen LogP contribution >= 0.6 is 0 Å². The van der Waals surface area contributed by atoms with Crippen molar-refractivity contribution < 1.29 is 0 Å². The maximum atomic E-state index is 5.26. The van der Waals surface area contributed by atoms with Crippen molar-refractivity contribution in [3.63, 3.8) is 0 Å². The van der Waals surface area contributed by atoms with Crippen LogP contribution in [-0.2, 0) is 0 Å². The molecule has 8 N–H and O–H groups in total. The summed E-state index contributed by atoms with van der Waals surface area (Å²) in [5.41, 5.74) is 5.11. The van der Waals surface area contributed by atoms with Gasteiger partial charge in [-0.1, -0.05) is 0 Å². The molecule has 0 bridgehead atoms. The van der Waals surface area contributed by atoms with Crippen molar-refractivity contribution in [2.45, 2.75) is 6.04 Å². The van der Waals surface area contributed by atoms with E-state index in [1.54, 1.807) is 0 Å². The molecule has 7 heavy (non-hydrogen) atoms. The molecule has 0 heterocycles. The average Bonchev–Trinajstić information content (AvgIpc) is 1.30. The molecule has 0 aliphatic carbocycles. The third-order valence-electron chi connectivity index (χ3n) is 0.577. The molecule has 0 aromatic heterocycles. The Morgan fingerprint density at radius 2 is 1.57 bits per heavy atom. The zero-order chi connectivity index (χ0) is 5.91. The van der Waals surface area contributed by atoms with Crippen molar-refractivity contribution in [3.05, 3.63) is 0 Å². The van der Waals surface area contributed by atoms with Crippen molar-refractivity contribution in [1.29, 1.82) is 0 Å². The molecule has 0 aliphatic heterocycles. The summed E-state index contributed by atoms with van der Waals surface area (Å²) in [5, 5.41) is 15.8. The second kappa shape index (κ2) is 2.39. The molecule has 0 unspecified atom stereocenters. The van der Waals surface area contributed by atoms with Gasteiger partial charge in [-0.2, -0.15) is 0 Å². The van der Waals surface area contributed by atoms with Gasteiger partial charge >= 0.3 is 0 Å². The van der Waals surface area contributed by atoms with Crippen LogP contribution in [0.25, 0.3) is 0 Å². The van der Waals surface area contributed by atoms with Crippen LogP contribution in [0.1, 0.15) is 0 Å². The molecule has 0 fully saturated rings. The smallest absolute Gasteiger partial charge is 0.274 e. The zero-order valence-electron chi connectivity index (χ0n) is 4.22. The van der Waals surface area contributed by atoms with Gasteiger partial charge in [0.1, 0.15) is 0 Å². The molecule has 0 saturated carbocycles. The maximum Gasteiger partial charge on any atom is 0.274 e. The van der Waals surface area contributed by atoms with Gasteiger partial charge in [0.05, 0.1) is 0 Å². The van der Waals surface area contributed by atoms with E-state index in [2.05, 4.69) is 0 Å². The molecule has 0 aromatic carbocycles. The monoisotopic (exact) mass is 120 g/mol. The molecule has 44 valence electrons. The third kappa shape index (κ3) is 6.06. The van der Waals surface area contributed by atoms with Gasteiger partial charge in [0.2, 0.25) is 0 Å². The molecule has 0 rings (SSSR count). The molecule has 0 saturated heterocycles. The van der Waals surface area contributed by atoms with Crippen LogP contribution in [0.4, 0.5) is 0 Å². The van der Waals surface area contributed by atoms with Gasteiger partial charge in [-0.3, -0.25) is 0 Å². The Kier molecular flexibility index (Phi) is 2.41. The van der Waals surface area contributed by atoms with Crippen LogP contribution in [0, 0.1) is 0 Å². The lowest BCUT2D eigenvalue weighted by Crippen LogP contribution is -2.65. The first-order valence-electron chi connectivity index (χ1n) is 2.13. The van der Waals surface area contributed by atoms with Gasteiger partial charge in [0.15, 0.2) is 0 Å². The SMILES string of the molecule is NCC[Si](N)(N)N. The number of hydrogen-bond acceptors (Lipinski definition) is 4. The summed E-state index contributed by atoms with van der Waals surface area (Å²) in [5.74, 6) is 0. The van der Waals surface area contributed by atoms with Gasteiger partial charge in [-0.25, -0.2) is 0 Å². The van der Waals surface area contributed by atoms with Crippen molar-refractivity contribution >= 4 is 8.56 Å². The van der Waals surface area contributed by atoms with E-state index < -0.39 is 8.56 Å². The quantitative estimate of drug-likeness (QED) is 0.309. The van der Waals surface area contributed by atoms with E-state index in [-0.39, 0.29) is 0 Å². The molecule has 5 heteroatoms. The lowest BCUT2D eigenvalue weighted by molar-refractivity contribution is 1.07. The Hall–Kier alpha value is 0.0569. The molecule has 0 atom stereocenters. The second-order valence-corrected chi connectivity index (χ2v) is 4.38. The van der Waals surface area contributed by atoms with E-state index in [1.807, 2.05) is 0 Å². The van der Waals surface area contributed by atoms with Crippen LogP contribution in [-0.4, -0.2) is 15.1 Å². The van der Waals surface area contributed by atoms with Crippen LogP contribution in [0.3, 0.4) is 0 Å². The first kappa shape index (κ1) is 7.06. The fourth-order valence-corrected chi connectivity index (χ4v) is 0.750. The Labute approximate surface area is 44.1 Å². The van der Waals surface area contributed by atoms with E-state index >= 15 is 0 Å². The summed E-state index contributed by atoms with van der Waals surface area (Å²) in [6, 6.07) is 0.590. The predicted octanol–water partition coefficient (Wildman–Crippen LogP) is -2.24. The fourth-order valence-electron chi connectivity index (χ4n) is 0.250. The third-order valence-corrected chi connectivity index (χ3v) is 1.73. The largest absolute Gasteiger partial charge is 0.331 e. The highest BCUT2D eigenvalue weighted by Crippen LogP contribution is 1.77. The highest BCUT2D eigenvalue weighted by molar-refractivity contribution is 6.70. The zero-order valence-corrected chi connectivity index (χ0v) is 5.22. The minimum Gasteiger partial charge on any atom is -0.331 e. The van der Waals surface area contributed by atoms with Gasteiger partial charge in [0, 0.05) is 0 Å². The fraction of sp³-hybridized carbons (Fsp3) is 1.00. The summed E-state index contributed by atoms with van der Waals surface area (Å²) in [6.45, 7) is 0.496. The number of rotatable bonds is 2. The highest BCUT2D eigenvalue weighted by atomic mass is 28.4. The van der Waals surface area contributed by atoms with Crippen molar-refractivity contribution in [2.24, 2.45) is 21.9 Å². The van der Waals surface area contributed by atoms with Crippen LogP contribution < -0.4 is 21.9 Å². The summed E-state index contributed by atoms with van der Waals surface area (Å²) in [6.07, 6.45) is 0. The lowest BCUT2D eigenvalue weighted by atomic mass is 10.8. The van der Waals surface area contributed by atoms with Gasteiger partial charge in [-0.05, 0) is 12.6 Å². The lowest BCUT2D eigenvalue weighted by Gasteiger charge is -2.10. The molecule has 0 aromatic rings. The van der Waals surface area contributed by atoms with Gasteiger partial charge < -0.3 is 21.9 Å². The summed E-state index contributed by atoms with van der Waals surface area (Å²) >= 11 is 0. The van der Waals surface area contributed by atoms with Crippen molar-refractivity contribution in [1.82, 2.24) is 0 Å². The summed E-state index contributed by atoms with van der Waals surface area (Å²) in [7, 11) is -2.28. The molecule has 0 spiro atoms. The minimum atomic E-state index is -2.28. The highest BCUT2D eigenvalue weighted by Gasteiger charge is 2.14. The van der Waals surface area contributed by atoms with Crippen LogP contribution in [0.2, 0.25) is 6.04 Å². The number of hydrogen-bond donors (Lipinski definition) is 4. The Balaban J connectivity index is 3.15. The summed E-state index contributed by atoms with van der Waals surface area (Å²) in [4.78, 5) is 0. The predicted molar refractivity (Wildman–Crippen MR) is 32.2 cm³/mol. The molecule has 0 radical (unpaired) electrons. The summed E-state index contributed by atoms with van der Waals surface area (Å²) < 4.78 is 0. The first-order chi connectivity index (χ1) is 3.06. The standard InChI is InChI=1S/C2H12N4Si/c3-1-2-7(4,5)6/h1-6H2. The van der Waals surface area contributed by atoms with Crippen molar-refractivity contribution in [3.8, 4) is 0 Å². The molecule has 0 amide bonds. The molecular formula is C2H12N4Si. The Morgan fingerprint density at radius 1 is 1.14 bits per heavy atom.